The van der Waals surface area contributed by atoms with Gasteiger partial charge in [-0.2, -0.15) is 0 Å². The molecule has 0 aromatic heterocycles. The summed E-state index contributed by atoms with van der Waals surface area (Å²) in [6.07, 6.45) is 9.79. The van der Waals surface area contributed by atoms with Gasteiger partial charge in [-0.25, -0.2) is 4.79 Å². The van der Waals surface area contributed by atoms with Crippen molar-refractivity contribution in [2.24, 2.45) is 0 Å². The van der Waals surface area contributed by atoms with E-state index in [-0.39, 0.29) is 5.57 Å². The standard InChI is InChI=1S/C12H14O2/c1-4-11(12(13)14)9-7-5-6-8-10(2)3/h4-9H,1-2H2,3H3,(H,13,14)/b7-5-,8-6+,11-9-. The minimum atomic E-state index is -0.978. The van der Waals surface area contributed by atoms with Gasteiger partial charge in [0.1, 0.15) is 0 Å². The fraction of sp³-hybridized carbons (Fsp3) is 0.0833. The van der Waals surface area contributed by atoms with Crippen molar-refractivity contribution in [3.63, 3.8) is 0 Å². The van der Waals surface area contributed by atoms with Crippen molar-refractivity contribution in [1.29, 1.82) is 0 Å². The van der Waals surface area contributed by atoms with Crippen LogP contribution < -0.4 is 0 Å². The van der Waals surface area contributed by atoms with Crippen molar-refractivity contribution < 1.29 is 9.90 Å². The van der Waals surface area contributed by atoms with Crippen LogP contribution >= 0.6 is 0 Å². The summed E-state index contributed by atoms with van der Waals surface area (Å²) in [5.41, 5.74) is 1.12. The van der Waals surface area contributed by atoms with Crippen LogP contribution in [0.2, 0.25) is 0 Å². The third kappa shape index (κ3) is 5.77. The van der Waals surface area contributed by atoms with E-state index in [1.807, 2.05) is 13.0 Å². The Labute approximate surface area is 84.3 Å². The molecule has 0 aliphatic carbocycles. The molecule has 0 spiro atoms. The van der Waals surface area contributed by atoms with Crippen molar-refractivity contribution in [3.8, 4) is 0 Å². The lowest BCUT2D eigenvalue weighted by atomic mass is 10.2. The van der Waals surface area contributed by atoms with E-state index in [1.54, 1.807) is 18.2 Å². The number of aliphatic carboxylic acids is 1. The highest BCUT2D eigenvalue weighted by molar-refractivity contribution is 5.89. The summed E-state index contributed by atoms with van der Waals surface area (Å²) < 4.78 is 0. The average Bonchev–Trinajstić information content (AvgIpc) is 2.10. The minimum Gasteiger partial charge on any atom is -0.478 e. The highest BCUT2D eigenvalue weighted by Gasteiger charge is 1.97. The van der Waals surface area contributed by atoms with Gasteiger partial charge < -0.3 is 5.11 Å². The van der Waals surface area contributed by atoms with E-state index in [9.17, 15) is 4.79 Å². The monoisotopic (exact) mass is 190 g/mol. The molecular weight excluding hydrogens is 176 g/mol. The first-order valence-corrected chi connectivity index (χ1v) is 4.14. The molecule has 2 nitrogen and oxygen atoms in total. The first-order chi connectivity index (χ1) is 6.57. The van der Waals surface area contributed by atoms with Gasteiger partial charge in [0.2, 0.25) is 0 Å². The summed E-state index contributed by atoms with van der Waals surface area (Å²) in [5, 5.41) is 8.61. The molecule has 0 aromatic carbocycles. The Hall–Kier alpha value is -1.83. The normalized spacial score (nSPS) is 12.2. The molecule has 0 aliphatic rings. The van der Waals surface area contributed by atoms with Crippen LogP contribution in [0.5, 0.6) is 0 Å². The van der Waals surface area contributed by atoms with Crippen molar-refractivity contribution in [1.82, 2.24) is 0 Å². The van der Waals surface area contributed by atoms with E-state index < -0.39 is 5.97 Å². The van der Waals surface area contributed by atoms with Gasteiger partial charge in [-0.15, -0.1) is 0 Å². The molecule has 0 rings (SSSR count). The zero-order valence-electron chi connectivity index (χ0n) is 8.23. The first-order valence-electron chi connectivity index (χ1n) is 4.14. The number of allylic oxidation sites excluding steroid dienone is 6. The Bertz CT molecular complexity index is 317. The second-order valence-corrected chi connectivity index (χ2v) is 2.72. The van der Waals surface area contributed by atoms with Crippen molar-refractivity contribution in [2.45, 2.75) is 6.92 Å². The molecule has 0 heterocycles. The second-order valence-electron chi connectivity index (χ2n) is 2.72. The maximum atomic E-state index is 10.5. The third-order valence-corrected chi connectivity index (χ3v) is 1.35. The first kappa shape index (κ1) is 12.2. The Kier molecular flexibility index (Phi) is 5.79. The average molecular weight is 190 g/mol. The molecule has 0 fully saturated rings. The largest absolute Gasteiger partial charge is 0.478 e. The lowest BCUT2D eigenvalue weighted by Gasteiger charge is -1.88. The summed E-state index contributed by atoms with van der Waals surface area (Å²) in [7, 11) is 0. The molecule has 0 radical (unpaired) electrons. The van der Waals surface area contributed by atoms with E-state index in [2.05, 4.69) is 13.2 Å². The van der Waals surface area contributed by atoms with Gasteiger partial charge >= 0.3 is 5.97 Å². The Morgan fingerprint density at radius 3 is 2.36 bits per heavy atom. The number of hydrogen-bond acceptors (Lipinski definition) is 1. The van der Waals surface area contributed by atoms with Crippen LogP contribution in [-0.4, -0.2) is 11.1 Å². The van der Waals surface area contributed by atoms with Gasteiger partial charge in [-0.3, -0.25) is 0 Å². The van der Waals surface area contributed by atoms with E-state index in [4.69, 9.17) is 5.11 Å². The van der Waals surface area contributed by atoms with Crippen molar-refractivity contribution >= 4 is 5.97 Å². The van der Waals surface area contributed by atoms with Crippen LogP contribution in [-0.2, 0) is 4.79 Å². The summed E-state index contributed by atoms with van der Waals surface area (Å²) in [6.45, 7) is 8.96. The van der Waals surface area contributed by atoms with Crippen LogP contribution in [0.4, 0.5) is 0 Å². The number of carboxylic acid groups (broad SMARTS) is 1. The highest BCUT2D eigenvalue weighted by Crippen LogP contribution is 1.96. The molecular formula is C12H14O2. The predicted molar refractivity (Wildman–Crippen MR) is 59.0 cm³/mol. The Morgan fingerprint density at radius 2 is 1.93 bits per heavy atom. The molecule has 74 valence electrons. The Morgan fingerprint density at radius 1 is 1.29 bits per heavy atom. The maximum Gasteiger partial charge on any atom is 0.335 e. The lowest BCUT2D eigenvalue weighted by Crippen LogP contribution is -1.95. The summed E-state index contributed by atoms with van der Waals surface area (Å²) in [6, 6.07) is 0. The summed E-state index contributed by atoms with van der Waals surface area (Å²) in [4.78, 5) is 10.5. The molecule has 1 N–H and O–H groups in total. The van der Waals surface area contributed by atoms with Crippen LogP contribution in [0.1, 0.15) is 6.92 Å². The molecule has 0 saturated heterocycles. The van der Waals surface area contributed by atoms with Gasteiger partial charge in [0.05, 0.1) is 5.57 Å². The van der Waals surface area contributed by atoms with Crippen LogP contribution in [0, 0.1) is 0 Å². The number of rotatable bonds is 5. The molecule has 0 aliphatic heterocycles. The van der Waals surface area contributed by atoms with E-state index in [0.29, 0.717) is 0 Å². The zero-order chi connectivity index (χ0) is 11.0. The molecule has 0 saturated carbocycles. The number of carboxylic acids is 1. The number of carbonyl (C=O) groups is 1. The molecule has 0 bridgehead atoms. The molecule has 0 amide bonds. The smallest absolute Gasteiger partial charge is 0.335 e. The fourth-order valence-corrected chi connectivity index (χ4v) is 0.670. The van der Waals surface area contributed by atoms with Crippen molar-refractivity contribution in [2.75, 3.05) is 0 Å². The zero-order valence-corrected chi connectivity index (χ0v) is 8.23. The topological polar surface area (TPSA) is 37.3 Å². The highest BCUT2D eigenvalue weighted by atomic mass is 16.4. The quantitative estimate of drug-likeness (QED) is 0.534. The Balaban J connectivity index is 4.32. The third-order valence-electron chi connectivity index (χ3n) is 1.35. The van der Waals surface area contributed by atoms with Gasteiger partial charge in [0.25, 0.3) is 0 Å². The van der Waals surface area contributed by atoms with Gasteiger partial charge in [0.15, 0.2) is 0 Å². The second kappa shape index (κ2) is 6.66. The van der Waals surface area contributed by atoms with Crippen LogP contribution in [0.15, 0.2) is 60.8 Å². The maximum absolute atomic E-state index is 10.5. The summed E-state index contributed by atoms with van der Waals surface area (Å²) >= 11 is 0. The lowest BCUT2D eigenvalue weighted by molar-refractivity contribution is -0.132. The number of hydrogen-bond donors (Lipinski definition) is 1. The molecule has 2 heteroatoms. The minimum absolute atomic E-state index is 0.171. The van der Waals surface area contributed by atoms with Crippen molar-refractivity contribution in [3.05, 3.63) is 60.8 Å². The molecule has 0 atom stereocenters. The van der Waals surface area contributed by atoms with Gasteiger partial charge in [0, 0.05) is 0 Å². The summed E-state index contributed by atoms with van der Waals surface area (Å²) in [5.74, 6) is -0.978. The van der Waals surface area contributed by atoms with Gasteiger partial charge in [-0.05, 0) is 13.0 Å². The fourth-order valence-electron chi connectivity index (χ4n) is 0.670. The van der Waals surface area contributed by atoms with E-state index in [1.165, 1.54) is 12.2 Å². The van der Waals surface area contributed by atoms with Crippen LogP contribution in [0.25, 0.3) is 0 Å². The van der Waals surface area contributed by atoms with E-state index >= 15 is 0 Å². The SMILES string of the molecule is C=C/C(=C/C=C\C=C\C(=C)C)C(=O)O. The molecule has 0 aromatic rings. The molecule has 0 unspecified atom stereocenters. The van der Waals surface area contributed by atoms with Gasteiger partial charge in [-0.1, -0.05) is 49.1 Å². The molecule has 14 heavy (non-hydrogen) atoms. The van der Waals surface area contributed by atoms with Crippen LogP contribution in [0.3, 0.4) is 0 Å². The van der Waals surface area contributed by atoms with E-state index in [0.717, 1.165) is 5.57 Å². The predicted octanol–water partition coefficient (Wildman–Crippen LogP) is 2.87.